The van der Waals surface area contributed by atoms with Crippen molar-refractivity contribution < 1.29 is 13.9 Å². The summed E-state index contributed by atoms with van der Waals surface area (Å²) in [4.78, 5) is 14.9. The topological polar surface area (TPSA) is 84.2 Å². The molecule has 2 atom stereocenters. The average molecular weight is 380 g/mol. The highest BCUT2D eigenvalue weighted by molar-refractivity contribution is 5.96. The summed E-state index contributed by atoms with van der Waals surface area (Å²) in [5.74, 6) is 0.0451. The van der Waals surface area contributed by atoms with Gasteiger partial charge in [0.25, 0.3) is 5.91 Å². The third kappa shape index (κ3) is 3.25. The van der Waals surface area contributed by atoms with Crippen molar-refractivity contribution in [3.8, 4) is 16.9 Å². The smallest absolute Gasteiger partial charge is 0.254 e. The standard InChI is InChI=1S/C21H21FN4O2/c1-28-20-8-13(6-7-16(20)14-10-24-25-11-14)21(27)26-12-15(23)9-19(26)17-4-2-3-5-18(17)22/h2-8,10-11,15,19H,9,12,23H2,1H3,(H,24,25)/t15-,19-/m1/s1. The summed E-state index contributed by atoms with van der Waals surface area (Å²) in [7, 11) is 1.56. The largest absolute Gasteiger partial charge is 0.496 e. The molecular weight excluding hydrogens is 359 g/mol. The van der Waals surface area contributed by atoms with Crippen LogP contribution in [-0.2, 0) is 0 Å². The molecule has 3 N–H and O–H groups in total. The van der Waals surface area contributed by atoms with E-state index in [-0.39, 0.29) is 23.8 Å². The van der Waals surface area contributed by atoms with E-state index in [0.717, 1.165) is 11.1 Å². The number of aromatic amines is 1. The first-order valence-corrected chi connectivity index (χ1v) is 9.06. The number of amides is 1. The van der Waals surface area contributed by atoms with Gasteiger partial charge in [0.05, 0.1) is 19.3 Å². The van der Waals surface area contributed by atoms with Crippen LogP contribution in [0.5, 0.6) is 5.75 Å². The summed E-state index contributed by atoms with van der Waals surface area (Å²) < 4.78 is 19.8. The van der Waals surface area contributed by atoms with Crippen LogP contribution in [0.15, 0.2) is 54.9 Å². The van der Waals surface area contributed by atoms with E-state index >= 15 is 0 Å². The van der Waals surface area contributed by atoms with Crippen LogP contribution < -0.4 is 10.5 Å². The lowest BCUT2D eigenvalue weighted by Gasteiger charge is -2.25. The van der Waals surface area contributed by atoms with Gasteiger partial charge < -0.3 is 15.4 Å². The number of hydrogen-bond acceptors (Lipinski definition) is 4. The average Bonchev–Trinajstić information content (AvgIpc) is 3.37. The lowest BCUT2D eigenvalue weighted by Crippen LogP contribution is -2.33. The molecule has 2 aromatic carbocycles. The lowest BCUT2D eigenvalue weighted by atomic mass is 10.0. The summed E-state index contributed by atoms with van der Waals surface area (Å²) in [6.07, 6.45) is 3.97. The van der Waals surface area contributed by atoms with Crippen LogP contribution in [-0.4, -0.2) is 40.7 Å². The number of aromatic nitrogens is 2. The third-order valence-corrected chi connectivity index (χ3v) is 5.12. The van der Waals surface area contributed by atoms with E-state index in [1.54, 1.807) is 54.7 Å². The number of nitrogens with zero attached hydrogens (tertiary/aromatic N) is 2. The minimum absolute atomic E-state index is 0.194. The number of hydrogen-bond donors (Lipinski definition) is 2. The number of rotatable bonds is 4. The highest BCUT2D eigenvalue weighted by Crippen LogP contribution is 2.36. The molecule has 3 aromatic rings. The minimum atomic E-state index is -0.386. The van der Waals surface area contributed by atoms with Crippen molar-refractivity contribution in [3.05, 3.63) is 71.8 Å². The Morgan fingerprint density at radius 1 is 1.32 bits per heavy atom. The molecule has 1 fully saturated rings. The molecular formula is C21H21FN4O2. The number of nitrogens with two attached hydrogens (primary N) is 1. The first-order chi connectivity index (χ1) is 13.6. The summed E-state index contributed by atoms with van der Waals surface area (Å²) in [6, 6.07) is 11.2. The van der Waals surface area contributed by atoms with Gasteiger partial charge in [0, 0.05) is 41.0 Å². The van der Waals surface area contributed by atoms with E-state index in [1.807, 2.05) is 6.07 Å². The van der Waals surface area contributed by atoms with E-state index in [9.17, 15) is 9.18 Å². The Kier molecular flexibility index (Phi) is 4.83. The molecule has 1 aliphatic heterocycles. The van der Waals surface area contributed by atoms with Gasteiger partial charge in [0.1, 0.15) is 11.6 Å². The van der Waals surface area contributed by atoms with E-state index in [2.05, 4.69) is 10.2 Å². The second-order valence-corrected chi connectivity index (χ2v) is 6.89. The fraction of sp³-hybridized carbons (Fsp3) is 0.238. The Morgan fingerprint density at radius 3 is 2.86 bits per heavy atom. The van der Waals surface area contributed by atoms with Crippen molar-refractivity contribution >= 4 is 5.91 Å². The third-order valence-electron chi connectivity index (χ3n) is 5.12. The van der Waals surface area contributed by atoms with Crippen LogP contribution in [0.2, 0.25) is 0 Å². The summed E-state index contributed by atoms with van der Waals surface area (Å²) in [5, 5.41) is 6.72. The number of halogens is 1. The molecule has 1 aliphatic rings. The van der Waals surface area contributed by atoms with Crippen LogP contribution in [0.3, 0.4) is 0 Å². The van der Waals surface area contributed by atoms with Gasteiger partial charge in [-0.25, -0.2) is 4.39 Å². The molecule has 4 rings (SSSR count). The molecule has 0 radical (unpaired) electrons. The second kappa shape index (κ2) is 7.44. The van der Waals surface area contributed by atoms with Crippen LogP contribution in [0.1, 0.15) is 28.4 Å². The summed E-state index contributed by atoms with van der Waals surface area (Å²) in [6.45, 7) is 0.379. The lowest BCUT2D eigenvalue weighted by molar-refractivity contribution is 0.0732. The molecule has 7 heteroatoms. The first-order valence-electron chi connectivity index (χ1n) is 9.06. The van der Waals surface area contributed by atoms with Gasteiger partial charge in [-0.3, -0.25) is 9.89 Å². The Bertz CT molecular complexity index is 990. The van der Waals surface area contributed by atoms with Crippen LogP contribution in [0, 0.1) is 5.82 Å². The number of H-pyrrole nitrogens is 1. The van der Waals surface area contributed by atoms with Gasteiger partial charge >= 0.3 is 0 Å². The number of carbonyl (C=O) groups is 1. The highest BCUT2D eigenvalue weighted by atomic mass is 19.1. The van der Waals surface area contributed by atoms with Gasteiger partial charge in [0.2, 0.25) is 0 Å². The van der Waals surface area contributed by atoms with E-state index in [1.165, 1.54) is 6.07 Å². The second-order valence-electron chi connectivity index (χ2n) is 6.89. The Hall–Kier alpha value is -3.19. The molecule has 2 heterocycles. The Labute approximate surface area is 162 Å². The van der Waals surface area contributed by atoms with Gasteiger partial charge in [-0.2, -0.15) is 5.10 Å². The Balaban J connectivity index is 1.67. The maximum atomic E-state index is 14.3. The van der Waals surface area contributed by atoms with E-state index < -0.39 is 0 Å². The first kappa shape index (κ1) is 18.2. The maximum absolute atomic E-state index is 14.3. The number of methoxy groups -OCH3 is 1. The molecule has 0 bridgehead atoms. The monoisotopic (exact) mass is 380 g/mol. The number of nitrogens with one attached hydrogen (secondary N) is 1. The zero-order valence-corrected chi connectivity index (χ0v) is 15.4. The van der Waals surface area contributed by atoms with Gasteiger partial charge in [0.15, 0.2) is 0 Å². The van der Waals surface area contributed by atoms with Gasteiger partial charge in [-0.15, -0.1) is 0 Å². The highest BCUT2D eigenvalue weighted by Gasteiger charge is 2.36. The number of ether oxygens (including phenoxy) is 1. The molecule has 0 spiro atoms. The molecule has 0 unspecified atom stereocenters. The quantitative estimate of drug-likeness (QED) is 0.728. The Morgan fingerprint density at radius 2 is 2.14 bits per heavy atom. The summed E-state index contributed by atoms with van der Waals surface area (Å²) in [5.41, 5.74) is 8.77. The summed E-state index contributed by atoms with van der Waals surface area (Å²) >= 11 is 0. The van der Waals surface area contributed by atoms with Gasteiger partial charge in [-0.1, -0.05) is 18.2 Å². The molecule has 144 valence electrons. The normalized spacial score (nSPS) is 19.0. The van der Waals surface area contributed by atoms with Crippen molar-refractivity contribution in [1.82, 2.24) is 15.1 Å². The molecule has 0 saturated carbocycles. The molecule has 28 heavy (non-hydrogen) atoms. The number of benzene rings is 2. The van der Waals surface area contributed by atoms with Crippen molar-refractivity contribution in [3.63, 3.8) is 0 Å². The molecule has 1 saturated heterocycles. The fourth-order valence-electron chi connectivity index (χ4n) is 3.76. The minimum Gasteiger partial charge on any atom is -0.496 e. The zero-order chi connectivity index (χ0) is 19.7. The molecule has 1 aromatic heterocycles. The molecule has 0 aliphatic carbocycles. The van der Waals surface area contributed by atoms with Crippen molar-refractivity contribution in [2.45, 2.75) is 18.5 Å². The van der Waals surface area contributed by atoms with Crippen LogP contribution in [0.25, 0.3) is 11.1 Å². The van der Waals surface area contributed by atoms with Crippen molar-refractivity contribution in [2.75, 3.05) is 13.7 Å². The fourth-order valence-corrected chi connectivity index (χ4v) is 3.76. The van der Waals surface area contributed by atoms with E-state index in [4.69, 9.17) is 10.5 Å². The molecule has 6 nitrogen and oxygen atoms in total. The molecule has 1 amide bonds. The van der Waals surface area contributed by atoms with Crippen molar-refractivity contribution in [2.24, 2.45) is 5.73 Å². The SMILES string of the molecule is COc1cc(C(=O)N2C[C@H](N)C[C@@H]2c2ccccc2F)ccc1-c1cn[nH]c1. The van der Waals surface area contributed by atoms with Crippen molar-refractivity contribution in [1.29, 1.82) is 0 Å². The predicted molar refractivity (Wildman–Crippen MR) is 103 cm³/mol. The number of carbonyl (C=O) groups excluding carboxylic acids is 1. The van der Waals surface area contributed by atoms with Crippen LogP contribution in [0.4, 0.5) is 4.39 Å². The zero-order valence-electron chi connectivity index (χ0n) is 15.4. The predicted octanol–water partition coefficient (Wildman–Crippen LogP) is 3.14. The van der Waals surface area contributed by atoms with E-state index in [0.29, 0.717) is 29.8 Å². The van der Waals surface area contributed by atoms with Gasteiger partial charge in [-0.05, 0) is 30.7 Å². The number of likely N-dealkylation sites (tertiary alicyclic amines) is 1. The van der Waals surface area contributed by atoms with Crippen LogP contribution >= 0.6 is 0 Å². The maximum Gasteiger partial charge on any atom is 0.254 e.